The molecule has 1 amide bonds. The molecule has 10 radical (unpaired) electrons. The summed E-state index contributed by atoms with van der Waals surface area (Å²) < 4.78 is 0. The molecule has 1 aromatic carbocycles. The van der Waals surface area contributed by atoms with Gasteiger partial charge in [-0.15, -0.1) is 0 Å². The Bertz CT molecular complexity index is 843. The first kappa shape index (κ1) is 28.7. The second kappa shape index (κ2) is 14.0. The van der Waals surface area contributed by atoms with Gasteiger partial charge in [-0.2, -0.15) is 0 Å². The average Bonchev–Trinajstić information content (AvgIpc) is 3.45. The summed E-state index contributed by atoms with van der Waals surface area (Å²) in [6.07, 6.45) is 14.7. The van der Waals surface area contributed by atoms with Crippen molar-refractivity contribution in [3.05, 3.63) is 80.9 Å². The average molecular weight is 493 g/mol. The van der Waals surface area contributed by atoms with E-state index < -0.39 is 28.9 Å². The Kier molecular flexibility index (Phi) is 12.2. The molecule has 8 nitrogen and oxygen atoms in total. The van der Waals surface area contributed by atoms with Gasteiger partial charge in [-0.1, -0.05) is 0 Å². The number of anilines is 1. The third-order valence-electron chi connectivity index (χ3n) is 4.51. The van der Waals surface area contributed by atoms with Crippen molar-refractivity contribution in [1.29, 1.82) is 0 Å². The van der Waals surface area contributed by atoms with E-state index in [-0.39, 0.29) is 53.6 Å². The first-order valence-electron chi connectivity index (χ1n) is 9.76. The van der Waals surface area contributed by atoms with Crippen molar-refractivity contribution in [3.8, 4) is 11.5 Å². The standard InChI is InChI=1S/C17H16NO6.C7H7O.Fe/c19-12(10-4-1-2-5-10)6-3-7-14(21)18-15-13(20)9-8-11(16(15)22)17(23)24;1-6(8)7-4-2-3-5-7;/h1-2,4-5,8-9,20,22H,3,6-7H2,(H,18,21)(H,23,24);2-5H,1H3;/q;;+2. The van der Waals surface area contributed by atoms with Gasteiger partial charge in [0.25, 0.3) is 0 Å². The van der Waals surface area contributed by atoms with Crippen molar-refractivity contribution in [2.24, 2.45) is 0 Å². The van der Waals surface area contributed by atoms with E-state index in [1.165, 1.54) is 0 Å². The van der Waals surface area contributed by atoms with E-state index >= 15 is 0 Å². The first-order valence-corrected chi connectivity index (χ1v) is 9.76. The Morgan fingerprint density at radius 3 is 1.88 bits per heavy atom. The van der Waals surface area contributed by atoms with Gasteiger partial charge in [0.15, 0.2) is 5.75 Å². The van der Waals surface area contributed by atoms with Gasteiger partial charge in [-0.05, 0) is 76.8 Å². The molecule has 2 saturated carbocycles. The number of Topliss-reactive ketones (excluding diaryl/α,β-unsaturated/α-hetero) is 2. The van der Waals surface area contributed by atoms with Crippen LogP contribution < -0.4 is 5.32 Å². The van der Waals surface area contributed by atoms with E-state index in [1.807, 2.05) is 25.7 Å². The maximum absolute atomic E-state index is 11.9. The zero-order valence-electron chi connectivity index (χ0n) is 17.7. The number of phenols is 2. The normalized spacial score (nSPS) is 15.8. The molecule has 33 heavy (non-hydrogen) atoms. The molecule has 0 bridgehead atoms. The van der Waals surface area contributed by atoms with E-state index in [1.54, 1.807) is 32.6 Å². The number of rotatable bonds is 8. The summed E-state index contributed by atoms with van der Waals surface area (Å²) in [5.74, 6) is -1.66. The van der Waals surface area contributed by atoms with Gasteiger partial charge in [0.2, 0.25) is 5.91 Å². The van der Waals surface area contributed by atoms with Crippen LogP contribution in [-0.4, -0.2) is 38.8 Å². The molecular formula is C24H23FeNO7+2. The quantitative estimate of drug-likeness (QED) is 0.322. The molecule has 0 atom stereocenters. The molecule has 4 N–H and O–H groups in total. The van der Waals surface area contributed by atoms with Crippen LogP contribution in [0.2, 0.25) is 0 Å². The molecular weight excluding hydrogens is 470 g/mol. The molecule has 0 spiro atoms. The number of aromatic carboxylic acids is 1. The predicted octanol–water partition coefficient (Wildman–Crippen LogP) is 2.86. The Morgan fingerprint density at radius 1 is 0.848 bits per heavy atom. The Balaban J connectivity index is 0.000000511. The van der Waals surface area contributed by atoms with Gasteiger partial charge in [0, 0.05) is 24.7 Å². The molecule has 0 unspecified atom stereocenters. The molecule has 0 saturated heterocycles. The van der Waals surface area contributed by atoms with Crippen LogP contribution in [0.25, 0.3) is 0 Å². The fourth-order valence-corrected chi connectivity index (χ4v) is 2.80. The second-order valence-electron chi connectivity index (χ2n) is 6.89. The molecule has 2 fully saturated rings. The summed E-state index contributed by atoms with van der Waals surface area (Å²) in [6, 6.07) is 2.10. The van der Waals surface area contributed by atoms with Gasteiger partial charge in [0.1, 0.15) is 28.6 Å². The predicted molar refractivity (Wildman–Crippen MR) is 116 cm³/mol. The van der Waals surface area contributed by atoms with Crippen molar-refractivity contribution >= 4 is 29.1 Å². The maximum atomic E-state index is 11.9. The summed E-state index contributed by atoms with van der Waals surface area (Å²) in [6.45, 7) is 1.56. The van der Waals surface area contributed by atoms with Gasteiger partial charge in [-0.25, -0.2) is 4.79 Å². The van der Waals surface area contributed by atoms with E-state index in [0.717, 1.165) is 18.1 Å². The topological polar surface area (TPSA) is 141 Å². The minimum atomic E-state index is -1.39. The van der Waals surface area contributed by atoms with Crippen LogP contribution in [0.1, 0.15) is 36.5 Å². The molecule has 2 aliphatic carbocycles. The van der Waals surface area contributed by atoms with Crippen molar-refractivity contribution in [2.75, 3.05) is 5.32 Å². The van der Waals surface area contributed by atoms with Gasteiger partial charge in [-0.3, -0.25) is 14.4 Å². The fraction of sp³-hybridized carbons (Fsp3) is 0.167. The van der Waals surface area contributed by atoms with Crippen LogP contribution in [0.4, 0.5) is 5.69 Å². The monoisotopic (exact) mass is 493 g/mol. The minimum absolute atomic E-state index is 0. The second-order valence-corrected chi connectivity index (χ2v) is 6.89. The Hall–Kier alpha value is -2.38. The number of amides is 1. The number of benzene rings is 1. The van der Waals surface area contributed by atoms with Crippen molar-refractivity contribution < 1.29 is 51.6 Å². The SMILES string of the molecule is CC(=O)[C]1[CH][CH][CH][CH]1.O=C(CCCC(=O)[C]1[CH][CH][CH][CH]1)Nc1c(O)ccc(C(=O)O)c1O.[Fe+2]. The van der Waals surface area contributed by atoms with Gasteiger partial charge < -0.3 is 20.6 Å². The largest absolute Gasteiger partial charge is 2.00 e. The maximum Gasteiger partial charge on any atom is 2.00 e. The van der Waals surface area contributed by atoms with E-state index in [4.69, 9.17) is 5.11 Å². The third kappa shape index (κ3) is 8.82. The van der Waals surface area contributed by atoms with E-state index in [9.17, 15) is 29.4 Å². The number of hydrogen-bond acceptors (Lipinski definition) is 6. The van der Waals surface area contributed by atoms with Crippen LogP contribution in [0.5, 0.6) is 11.5 Å². The van der Waals surface area contributed by atoms with Crippen LogP contribution in [0, 0.1) is 63.2 Å². The summed E-state index contributed by atoms with van der Waals surface area (Å²) >= 11 is 0. The van der Waals surface area contributed by atoms with Gasteiger partial charge in [0.05, 0.1) is 0 Å². The molecule has 0 aliphatic heterocycles. The number of carbonyl (C=O) groups excluding carboxylic acids is 3. The Morgan fingerprint density at radius 2 is 1.39 bits per heavy atom. The smallest absolute Gasteiger partial charge is 0.506 e. The zero-order valence-corrected chi connectivity index (χ0v) is 18.8. The molecule has 0 aromatic heterocycles. The number of carbonyl (C=O) groups is 4. The van der Waals surface area contributed by atoms with Crippen LogP contribution in [-0.2, 0) is 31.5 Å². The number of phenolic OH excluding ortho intramolecular Hbond substituents is 1. The Labute approximate surface area is 204 Å². The summed E-state index contributed by atoms with van der Waals surface area (Å²) in [5.41, 5.74) is -0.795. The van der Waals surface area contributed by atoms with Crippen LogP contribution in [0.15, 0.2) is 12.1 Å². The molecule has 2 aliphatic rings. The number of carboxylic acids is 1. The fourth-order valence-electron chi connectivity index (χ4n) is 2.80. The van der Waals surface area contributed by atoms with Crippen molar-refractivity contribution in [1.82, 2.24) is 0 Å². The minimum Gasteiger partial charge on any atom is -0.506 e. The molecule has 1 aromatic rings. The van der Waals surface area contributed by atoms with Crippen molar-refractivity contribution in [3.63, 3.8) is 0 Å². The molecule has 3 rings (SSSR count). The van der Waals surface area contributed by atoms with Gasteiger partial charge >= 0.3 is 23.0 Å². The number of carboxylic acid groups (broad SMARTS) is 1. The number of nitrogens with one attached hydrogen (secondary N) is 1. The first-order chi connectivity index (χ1) is 15.2. The molecule has 0 heterocycles. The summed E-state index contributed by atoms with van der Waals surface area (Å²) in [4.78, 5) is 45.1. The summed E-state index contributed by atoms with van der Waals surface area (Å²) in [5, 5.41) is 30.7. The molecule has 172 valence electrons. The van der Waals surface area contributed by atoms with E-state index in [2.05, 4.69) is 5.32 Å². The third-order valence-corrected chi connectivity index (χ3v) is 4.51. The number of hydrogen-bond donors (Lipinski definition) is 4. The van der Waals surface area contributed by atoms with Crippen molar-refractivity contribution in [2.45, 2.75) is 26.2 Å². The zero-order chi connectivity index (χ0) is 23.7. The van der Waals surface area contributed by atoms with Crippen LogP contribution >= 0.6 is 0 Å². The number of aromatic hydroxyl groups is 2. The number of ketones is 2. The van der Waals surface area contributed by atoms with E-state index in [0.29, 0.717) is 5.92 Å². The summed E-state index contributed by atoms with van der Waals surface area (Å²) in [7, 11) is 0. The molecule has 9 heteroatoms. The van der Waals surface area contributed by atoms with Crippen LogP contribution in [0.3, 0.4) is 0 Å².